The molecule has 4 atom stereocenters. The minimum Gasteiger partial charge on any atom is -0.508 e. The zero-order chi connectivity index (χ0) is 54.4. The summed E-state index contributed by atoms with van der Waals surface area (Å²) in [6.07, 6.45) is 1.01. The fraction of sp³-hybridized carbons (Fsp3) is 0.474. The van der Waals surface area contributed by atoms with E-state index in [-0.39, 0.29) is 78.8 Å². The summed E-state index contributed by atoms with van der Waals surface area (Å²) in [6, 6.07) is 18.7. The lowest BCUT2D eigenvalue weighted by Crippen LogP contribution is -2.58. The number of carbonyl (C=O) groups is 3. The highest BCUT2D eigenvalue weighted by molar-refractivity contribution is 7.13. The van der Waals surface area contributed by atoms with Crippen LogP contribution >= 0.6 is 22.9 Å². The molecule has 0 radical (unpaired) electrons. The van der Waals surface area contributed by atoms with E-state index in [0.717, 1.165) is 71.5 Å². The number of aromatic nitrogens is 3. The van der Waals surface area contributed by atoms with E-state index >= 15 is 4.39 Å². The van der Waals surface area contributed by atoms with Gasteiger partial charge in [0.05, 0.1) is 46.5 Å². The largest absolute Gasteiger partial charge is 0.508 e. The maximum Gasteiger partial charge on any atom is 0.319 e. The standard InChI is InChI=1S/C57H69ClFN9O8S/c1-34(76-56-64-50-44(53(65-56)67-22-18-60-19-23-67)29-45(58)48(49(50)59)43-27-39(69)26-38-8-6-7-9-42(38)43)30-66-20-15-41(16-21-66)75-25-24-74-32-47(71)63-52(57(3,4)5)55(73)68-31-40(70)28-46(68)54(72)61-17-14-36-10-12-37(13-11-36)51-35(2)62-33-77-51/h6-13,26-27,29,33-34,40-41,46,52,60,69-70H,14-25,28,30-32H2,1-5H3,(H,61,72)(H,63,71)/t34-,40-,46+,52-/m1/s1. The van der Waals surface area contributed by atoms with Crippen molar-refractivity contribution in [2.24, 2.45) is 5.41 Å². The number of halogens is 2. The number of hydrogen-bond donors (Lipinski definition) is 5. The molecule has 4 aromatic carbocycles. The number of ether oxygens (including phenoxy) is 3. The molecule has 5 heterocycles. The molecule has 0 spiro atoms. The number of aliphatic hydroxyl groups excluding tert-OH is 1. The molecular weight excluding hydrogens is 1030 g/mol. The zero-order valence-corrected chi connectivity index (χ0v) is 45.9. The Hall–Kier alpha value is -6.06. The summed E-state index contributed by atoms with van der Waals surface area (Å²) < 4.78 is 35.2. The van der Waals surface area contributed by atoms with E-state index in [1.165, 1.54) is 11.0 Å². The van der Waals surface area contributed by atoms with Gasteiger partial charge in [-0.2, -0.15) is 9.97 Å². The van der Waals surface area contributed by atoms with E-state index in [0.29, 0.717) is 49.4 Å². The Morgan fingerprint density at radius 3 is 2.47 bits per heavy atom. The normalized spacial score (nSPS) is 18.4. The number of aliphatic hydroxyl groups is 1. The van der Waals surface area contributed by atoms with Crippen molar-refractivity contribution in [2.75, 3.05) is 83.6 Å². The Morgan fingerprint density at radius 2 is 1.74 bits per heavy atom. The minimum absolute atomic E-state index is 0.00573. The molecule has 17 nitrogen and oxygen atoms in total. The van der Waals surface area contributed by atoms with Gasteiger partial charge in [0.15, 0.2) is 5.82 Å². The molecule has 410 valence electrons. The number of nitrogens with zero attached hydrogens (tertiary/aromatic N) is 6. The van der Waals surface area contributed by atoms with Crippen molar-refractivity contribution in [1.29, 1.82) is 0 Å². The number of piperidine rings is 1. The van der Waals surface area contributed by atoms with Gasteiger partial charge in [-0.25, -0.2) is 9.37 Å². The summed E-state index contributed by atoms with van der Waals surface area (Å²) in [6.45, 7) is 14.8. The summed E-state index contributed by atoms with van der Waals surface area (Å²) in [5, 5.41) is 32.6. The van der Waals surface area contributed by atoms with Gasteiger partial charge in [0, 0.05) is 76.3 Å². The molecule has 2 aromatic heterocycles. The average Bonchev–Trinajstić information content (AvgIpc) is 4.03. The van der Waals surface area contributed by atoms with E-state index in [1.54, 1.807) is 23.5 Å². The second kappa shape index (κ2) is 24.7. The zero-order valence-electron chi connectivity index (χ0n) is 44.3. The van der Waals surface area contributed by atoms with Gasteiger partial charge >= 0.3 is 6.01 Å². The number of phenolic OH excluding ortho intramolecular Hbond substituents is 1. The third kappa shape index (κ3) is 13.4. The quantitative estimate of drug-likeness (QED) is 0.0524. The Balaban J connectivity index is 0.726. The molecule has 0 aliphatic carbocycles. The molecule has 0 bridgehead atoms. The van der Waals surface area contributed by atoms with Crippen LogP contribution in [0.3, 0.4) is 0 Å². The molecule has 0 unspecified atom stereocenters. The number of fused-ring (bicyclic) bond motifs is 2. The van der Waals surface area contributed by atoms with E-state index in [2.05, 4.69) is 35.7 Å². The van der Waals surface area contributed by atoms with Crippen molar-refractivity contribution in [3.8, 4) is 33.3 Å². The lowest BCUT2D eigenvalue weighted by atomic mass is 9.85. The number of likely N-dealkylation sites (tertiary alicyclic amines) is 2. The van der Waals surface area contributed by atoms with Gasteiger partial charge in [0.1, 0.15) is 41.9 Å². The minimum atomic E-state index is -0.974. The Labute approximate surface area is 457 Å². The molecule has 3 saturated heterocycles. The second-order valence-electron chi connectivity index (χ2n) is 21.3. The van der Waals surface area contributed by atoms with Crippen molar-refractivity contribution >= 4 is 68.2 Å². The maximum atomic E-state index is 17.0. The van der Waals surface area contributed by atoms with E-state index in [1.807, 2.05) is 88.7 Å². The first-order chi connectivity index (χ1) is 37.0. The number of rotatable bonds is 19. The summed E-state index contributed by atoms with van der Waals surface area (Å²) in [5.74, 6) is -1.35. The topological polar surface area (TPSA) is 204 Å². The van der Waals surface area contributed by atoms with Gasteiger partial charge in [-0.1, -0.05) is 80.9 Å². The first-order valence-corrected chi connectivity index (χ1v) is 27.8. The number of nitrogens with one attached hydrogen (secondary N) is 3. The predicted molar refractivity (Wildman–Crippen MR) is 297 cm³/mol. The van der Waals surface area contributed by atoms with Gasteiger partial charge in [-0.3, -0.25) is 19.3 Å². The number of aromatic hydroxyl groups is 1. The lowest BCUT2D eigenvalue weighted by Gasteiger charge is -2.35. The molecule has 77 heavy (non-hydrogen) atoms. The van der Waals surface area contributed by atoms with Crippen LogP contribution in [0.2, 0.25) is 5.02 Å². The molecule has 3 aliphatic rings. The average molecular weight is 1090 g/mol. The SMILES string of the molecule is Cc1ncsc1-c1ccc(CCNC(=O)[C@@H]2C[C@@H](O)CN2C(=O)[C@@H](NC(=O)COCCOC2CCN(C[C@@H](C)Oc3nc(N4CCNCC4)c4cc(Cl)c(-c5cc(O)cc6ccccc56)c(F)c4n3)CC2)C(C)(C)C)cc1. The molecule has 3 fully saturated rings. The first-order valence-electron chi connectivity index (χ1n) is 26.5. The number of β-amino-alcohol motifs (C(OH)–C–C–N with tert-alkyl or cyclic N) is 1. The third-order valence-corrected chi connectivity index (χ3v) is 15.8. The number of phenols is 1. The molecular formula is C57H69ClFN9O8S. The molecule has 0 saturated carbocycles. The number of thiazole rings is 1. The van der Waals surface area contributed by atoms with Crippen LogP contribution in [0.5, 0.6) is 11.8 Å². The summed E-state index contributed by atoms with van der Waals surface area (Å²) >= 11 is 8.50. The summed E-state index contributed by atoms with van der Waals surface area (Å²) in [4.78, 5) is 61.5. The van der Waals surface area contributed by atoms with Crippen molar-refractivity contribution < 1.29 is 43.2 Å². The van der Waals surface area contributed by atoms with E-state index in [9.17, 15) is 24.6 Å². The van der Waals surface area contributed by atoms with Crippen molar-refractivity contribution in [1.82, 2.24) is 40.7 Å². The molecule has 5 N–H and O–H groups in total. The van der Waals surface area contributed by atoms with Gasteiger partial charge in [-0.15, -0.1) is 11.3 Å². The highest BCUT2D eigenvalue weighted by Gasteiger charge is 2.44. The number of aryl methyl sites for hydroxylation is 1. The van der Waals surface area contributed by atoms with Gasteiger partial charge < -0.3 is 50.2 Å². The van der Waals surface area contributed by atoms with Crippen LogP contribution in [-0.4, -0.2) is 162 Å². The van der Waals surface area contributed by atoms with Crippen LogP contribution in [0.15, 0.2) is 72.2 Å². The highest BCUT2D eigenvalue weighted by atomic mass is 35.5. The smallest absolute Gasteiger partial charge is 0.319 e. The van der Waals surface area contributed by atoms with Crippen LogP contribution in [0.25, 0.3) is 43.2 Å². The molecule has 20 heteroatoms. The Kier molecular flexibility index (Phi) is 17.9. The summed E-state index contributed by atoms with van der Waals surface area (Å²) in [5.41, 5.74) is 4.92. The van der Waals surface area contributed by atoms with Gasteiger partial charge in [-0.05, 0) is 84.2 Å². The number of benzene rings is 4. The highest BCUT2D eigenvalue weighted by Crippen LogP contribution is 2.43. The number of anilines is 1. The number of carbonyl (C=O) groups excluding carboxylic acids is 3. The predicted octanol–water partition coefficient (Wildman–Crippen LogP) is 6.91. The van der Waals surface area contributed by atoms with Crippen LogP contribution in [0.1, 0.15) is 58.2 Å². The first kappa shape index (κ1) is 55.7. The van der Waals surface area contributed by atoms with Crippen LogP contribution < -0.4 is 25.6 Å². The van der Waals surface area contributed by atoms with Gasteiger partial charge in [0.2, 0.25) is 17.7 Å². The number of piperazine rings is 1. The van der Waals surface area contributed by atoms with Gasteiger partial charge in [0.25, 0.3) is 0 Å². The van der Waals surface area contributed by atoms with Crippen molar-refractivity contribution in [2.45, 2.75) is 90.7 Å². The van der Waals surface area contributed by atoms with E-state index < -0.39 is 41.2 Å². The molecule has 3 amide bonds. The number of amides is 3. The second-order valence-corrected chi connectivity index (χ2v) is 22.6. The van der Waals surface area contributed by atoms with E-state index in [4.69, 9.17) is 30.8 Å². The summed E-state index contributed by atoms with van der Waals surface area (Å²) in [7, 11) is 0. The fourth-order valence-electron chi connectivity index (χ4n) is 10.5. The molecule has 6 aromatic rings. The lowest BCUT2D eigenvalue weighted by molar-refractivity contribution is -0.144. The van der Waals surface area contributed by atoms with Crippen LogP contribution in [0, 0.1) is 18.2 Å². The molecule has 9 rings (SSSR count). The maximum absolute atomic E-state index is 17.0. The monoisotopic (exact) mass is 1090 g/mol. The Morgan fingerprint density at radius 1 is 0.987 bits per heavy atom. The van der Waals surface area contributed by atoms with Crippen LogP contribution in [-0.2, 0) is 30.3 Å². The Bertz CT molecular complexity index is 3050. The number of hydrogen-bond acceptors (Lipinski definition) is 15. The van der Waals surface area contributed by atoms with Crippen LogP contribution in [0.4, 0.5) is 10.2 Å². The molecule has 3 aliphatic heterocycles. The van der Waals surface area contributed by atoms with Crippen molar-refractivity contribution in [3.63, 3.8) is 0 Å². The fourth-order valence-corrected chi connectivity index (χ4v) is 11.6. The van der Waals surface area contributed by atoms with Crippen molar-refractivity contribution in [3.05, 3.63) is 94.3 Å². The third-order valence-electron chi connectivity index (χ3n) is 14.5.